The van der Waals surface area contributed by atoms with Crippen LogP contribution < -0.4 is 16.0 Å². The Balaban J connectivity index is 0.00000201. The van der Waals surface area contributed by atoms with E-state index in [-0.39, 0.29) is 24.7 Å². The largest absolute Gasteiger partial charge is 0.444 e. The summed E-state index contributed by atoms with van der Waals surface area (Å²) < 4.78 is 5.48. The van der Waals surface area contributed by atoms with Gasteiger partial charge in [0.25, 0.3) is 0 Å². The Morgan fingerprint density at radius 2 is 1.52 bits per heavy atom. The molecule has 0 bridgehead atoms. The van der Waals surface area contributed by atoms with E-state index < -0.39 is 6.09 Å². The average molecular weight is 693 g/mol. The van der Waals surface area contributed by atoms with Crippen LogP contribution in [0.5, 0.6) is 0 Å². The number of aromatic nitrogens is 2. The monoisotopic (exact) mass is 692 g/mol. The highest BCUT2D eigenvalue weighted by Crippen LogP contribution is 2.20. The summed E-state index contributed by atoms with van der Waals surface area (Å²) in [6.45, 7) is 10.3. The van der Waals surface area contributed by atoms with Gasteiger partial charge in [0.1, 0.15) is 6.61 Å². The van der Waals surface area contributed by atoms with Crippen LogP contribution in [0.2, 0.25) is 0 Å². The second-order valence-corrected chi connectivity index (χ2v) is 14.0. The van der Waals surface area contributed by atoms with Crippen molar-refractivity contribution in [2.45, 2.75) is 91.0 Å². The van der Waals surface area contributed by atoms with Gasteiger partial charge in [-0.2, -0.15) is 0 Å². The van der Waals surface area contributed by atoms with Crippen molar-refractivity contribution in [2.75, 3.05) is 20.1 Å². The van der Waals surface area contributed by atoms with Crippen LogP contribution in [0.1, 0.15) is 79.6 Å². The SMILES string of the molecule is CC(C)c1nc(CN(C)C(=O)NCCNC(CCC(Cc2ccccc2)NC(=O)OCc2cncs2)Cc2ccccc2)cs1.CCC. The number of thiazole rings is 2. The number of benzene rings is 2. The lowest BCUT2D eigenvalue weighted by Gasteiger charge is -2.24. The molecule has 2 aromatic heterocycles. The molecule has 2 aromatic carbocycles. The molecule has 0 aliphatic heterocycles. The van der Waals surface area contributed by atoms with Crippen LogP contribution in [0.25, 0.3) is 0 Å². The second-order valence-electron chi connectivity index (χ2n) is 12.1. The molecule has 0 saturated heterocycles. The fraction of sp³-hybridized carbons (Fsp3) is 0.459. The number of nitrogens with one attached hydrogen (secondary N) is 3. The lowest BCUT2D eigenvalue weighted by atomic mass is 9.96. The Labute approximate surface area is 294 Å². The van der Waals surface area contributed by atoms with Gasteiger partial charge in [-0.1, -0.05) is 94.8 Å². The third-order valence-corrected chi connectivity index (χ3v) is 9.26. The number of nitrogens with zero attached hydrogens (tertiary/aromatic N) is 3. The number of amides is 3. The maximum atomic E-state index is 12.8. The molecule has 2 atom stereocenters. The minimum Gasteiger partial charge on any atom is -0.444 e. The number of hydrogen-bond donors (Lipinski definition) is 3. The highest BCUT2D eigenvalue weighted by Gasteiger charge is 2.18. The first-order valence-electron chi connectivity index (χ1n) is 16.8. The third-order valence-electron chi connectivity index (χ3n) is 7.31. The van der Waals surface area contributed by atoms with E-state index in [9.17, 15) is 9.59 Å². The Bertz CT molecular complexity index is 1430. The number of hydrogen-bond acceptors (Lipinski definition) is 8. The predicted octanol–water partition coefficient (Wildman–Crippen LogP) is 7.80. The summed E-state index contributed by atoms with van der Waals surface area (Å²) in [5.41, 5.74) is 5.03. The molecule has 0 aliphatic rings. The zero-order chi connectivity index (χ0) is 34.6. The molecule has 11 heteroatoms. The number of carbonyl (C=O) groups is 2. The average Bonchev–Trinajstić information content (AvgIpc) is 3.78. The van der Waals surface area contributed by atoms with Crippen LogP contribution in [0.3, 0.4) is 0 Å². The first kappa shape index (κ1) is 38.6. The smallest absolute Gasteiger partial charge is 0.407 e. The van der Waals surface area contributed by atoms with Crippen molar-refractivity contribution in [3.05, 3.63) is 104 Å². The van der Waals surface area contributed by atoms with E-state index >= 15 is 0 Å². The van der Waals surface area contributed by atoms with Crippen LogP contribution in [0, 0.1) is 0 Å². The quantitative estimate of drug-likeness (QED) is 0.0975. The van der Waals surface area contributed by atoms with E-state index in [0.717, 1.165) is 40.4 Å². The lowest BCUT2D eigenvalue weighted by Crippen LogP contribution is -2.43. The van der Waals surface area contributed by atoms with Crippen molar-refractivity contribution >= 4 is 34.8 Å². The summed E-state index contributed by atoms with van der Waals surface area (Å²) >= 11 is 3.10. The standard InChI is InChI=1S/C34H44N6O3S2.C3H8/c1-25(2)32-38-30(23-44-32)21-40(3)33(41)37-17-16-36-28(18-26-10-6-4-7-11-26)14-15-29(19-27-12-8-5-9-13-27)39-34(42)43-22-31-20-35-24-45-31;1-3-2/h4-13,20,23-25,28-29,36H,14-19,21-22H2,1-3H3,(H,37,41)(H,39,42);3H2,1-2H3. The fourth-order valence-electron chi connectivity index (χ4n) is 4.92. The Kier molecular flexibility index (Phi) is 17.7. The van der Waals surface area contributed by atoms with Crippen molar-refractivity contribution in [3.8, 4) is 0 Å². The van der Waals surface area contributed by atoms with Crippen LogP contribution in [-0.2, 0) is 30.7 Å². The molecule has 9 nitrogen and oxygen atoms in total. The molecule has 3 amide bonds. The number of urea groups is 1. The molecule has 3 N–H and O–H groups in total. The summed E-state index contributed by atoms with van der Waals surface area (Å²) in [7, 11) is 1.79. The van der Waals surface area contributed by atoms with Crippen LogP contribution in [0.4, 0.5) is 9.59 Å². The second kappa shape index (κ2) is 22.0. The minimum absolute atomic E-state index is 0.100. The van der Waals surface area contributed by atoms with Gasteiger partial charge in [0.2, 0.25) is 0 Å². The zero-order valence-electron chi connectivity index (χ0n) is 29.0. The molecular weight excluding hydrogens is 641 g/mol. The van der Waals surface area contributed by atoms with E-state index in [1.807, 2.05) is 41.8 Å². The van der Waals surface area contributed by atoms with E-state index in [0.29, 0.717) is 32.0 Å². The van der Waals surface area contributed by atoms with Crippen molar-refractivity contribution < 1.29 is 14.3 Å². The number of alkyl carbamates (subject to hydrolysis) is 1. The number of rotatable bonds is 17. The first-order chi connectivity index (χ1) is 23.3. The van der Waals surface area contributed by atoms with E-state index in [2.05, 4.69) is 77.9 Å². The minimum atomic E-state index is -0.429. The fourth-order valence-corrected chi connectivity index (χ4v) is 6.25. The van der Waals surface area contributed by atoms with Crippen LogP contribution in [0.15, 0.2) is 77.8 Å². The van der Waals surface area contributed by atoms with Crippen molar-refractivity contribution in [3.63, 3.8) is 0 Å². The molecule has 0 aliphatic carbocycles. The molecule has 2 unspecified atom stereocenters. The molecule has 0 saturated carbocycles. The molecule has 4 rings (SSSR count). The molecule has 0 radical (unpaired) electrons. The molecule has 4 aromatic rings. The number of carbonyl (C=O) groups excluding carboxylic acids is 2. The molecule has 0 spiro atoms. The van der Waals surface area contributed by atoms with Crippen molar-refractivity contribution in [1.29, 1.82) is 0 Å². The summed E-state index contributed by atoms with van der Waals surface area (Å²) in [5, 5.41) is 12.9. The zero-order valence-corrected chi connectivity index (χ0v) is 30.6. The van der Waals surface area contributed by atoms with Crippen LogP contribution >= 0.6 is 22.7 Å². The summed E-state index contributed by atoms with van der Waals surface area (Å²) in [6.07, 6.45) is 5.66. The molecule has 48 heavy (non-hydrogen) atoms. The number of ether oxygens (including phenoxy) is 1. The molecule has 2 heterocycles. The van der Waals surface area contributed by atoms with Gasteiger partial charge < -0.3 is 25.6 Å². The van der Waals surface area contributed by atoms with Gasteiger partial charge in [-0.3, -0.25) is 4.98 Å². The van der Waals surface area contributed by atoms with Gasteiger partial charge in [0.15, 0.2) is 0 Å². The summed E-state index contributed by atoms with van der Waals surface area (Å²) in [4.78, 5) is 36.7. The van der Waals surface area contributed by atoms with Gasteiger partial charge >= 0.3 is 12.1 Å². The van der Waals surface area contributed by atoms with Crippen LogP contribution in [-0.4, -0.2) is 59.2 Å². The topological polar surface area (TPSA) is 108 Å². The van der Waals surface area contributed by atoms with Crippen molar-refractivity contribution in [2.24, 2.45) is 0 Å². The van der Waals surface area contributed by atoms with Gasteiger partial charge in [0.05, 0.1) is 27.6 Å². The summed E-state index contributed by atoms with van der Waals surface area (Å²) in [5.74, 6) is 0.380. The van der Waals surface area contributed by atoms with E-state index in [4.69, 9.17) is 4.74 Å². The summed E-state index contributed by atoms with van der Waals surface area (Å²) in [6, 6.07) is 20.5. The van der Waals surface area contributed by atoms with E-state index in [1.54, 1.807) is 35.0 Å². The van der Waals surface area contributed by atoms with Gasteiger partial charge in [-0.05, 0) is 36.8 Å². The maximum absolute atomic E-state index is 12.8. The van der Waals surface area contributed by atoms with Gasteiger partial charge in [-0.25, -0.2) is 14.6 Å². The Morgan fingerprint density at radius 1 is 0.896 bits per heavy atom. The molecule has 0 fully saturated rings. The maximum Gasteiger partial charge on any atom is 0.407 e. The highest BCUT2D eigenvalue weighted by molar-refractivity contribution is 7.09. The van der Waals surface area contributed by atoms with E-state index in [1.165, 1.54) is 23.3 Å². The Hall–Kier alpha value is -3.80. The highest BCUT2D eigenvalue weighted by atomic mass is 32.1. The lowest BCUT2D eigenvalue weighted by molar-refractivity contribution is 0.135. The van der Waals surface area contributed by atoms with Gasteiger partial charge in [-0.15, -0.1) is 22.7 Å². The Morgan fingerprint density at radius 3 is 2.10 bits per heavy atom. The normalized spacial score (nSPS) is 12.0. The van der Waals surface area contributed by atoms with Gasteiger partial charge in [0, 0.05) is 49.7 Å². The molecular formula is C37H52N6O3S2. The van der Waals surface area contributed by atoms with Crippen molar-refractivity contribution in [1.82, 2.24) is 30.8 Å². The predicted molar refractivity (Wildman–Crippen MR) is 198 cm³/mol. The third kappa shape index (κ3) is 15.0. The first-order valence-corrected chi connectivity index (χ1v) is 18.6. The molecule has 260 valence electrons.